The lowest BCUT2D eigenvalue weighted by Crippen LogP contribution is -2.39. The molecule has 0 radical (unpaired) electrons. The van der Waals surface area contributed by atoms with E-state index in [0.717, 1.165) is 11.8 Å². The van der Waals surface area contributed by atoms with Crippen molar-refractivity contribution in [2.24, 2.45) is 41.2 Å². The Balaban J connectivity index is 4.57. The molecule has 7 unspecified atom stereocenters. The van der Waals surface area contributed by atoms with E-state index in [1.165, 1.54) is 6.42 Å². The van der Waals surface area contributed by atoms with Crippen molar-refractivity contribution >= 4 is 0 Å². The summed E-state index contributed by atoms with van der Waals surface area (Å²) in [4.78, 5) is 0. The average molecular weight is 257 g/mol. The van der Waals surface area contributed by atoms with Crippen molar-refractivity contribution in [3.05, 3.63) is 0 Å². The molecular weight excluding hydrogens is 222 g/mol. The van der Waals surface area contributed by atoms with Gasteiger partial charge in [0.25, 0.3) is 0 Å². The number of hydrogen-bond donors (Lipinski definition) is 2. The number of aliphatic hydroxyl groups is 1. The van der Waals surface area contributed by atoms with Crippen molar-refractivity contribution in [1.82, 2.24) is 0 Å². The molecule has 0 saturated heterocycles. The highest BCUT2D eigenvalue weighted by molar-refractivity contribution is 4.81. The van der Waals surface area contributed by atoms with Crippen LogP contribution in [0.5, 0.6) is 0 Å². The van der Waals surface area contributed by atoms with Crippen LogP contribution in [-0.4, -0.2) is 17.8 Å². The van der Waals surface area contributed by atoms with Crippen LogP contribution in [0.2, 0.25) is 0 Å². The number of nitrogens with two attached hydrogens (primary N) is 1. The molecule has 0 aliphatic heterocycles. The Morgan fingerprint density at radius 3 is 1.56 bits per heavy atom. The van der Waals surface area contributed by atoms with Crippen LogP contribution in [-0.2, 0) is 0 Å². The van der Waals surface area contributed by atoms with Gasteiger partial charge >= 0.3 is 0 Å². The van der Waals surface area contributed by atoms with Gasteiger partial charge in [-0.15, -0.1) is 0 Å². The molecule has 0 aromatic carbocycles. The summed E-state index contributed by atoms with van der Waals surface area (Å²) < 4.78 is 0. The van der Waals surface area contributed by atoms with Crippen LogP contribution >= 0.6 is 0 Å². The Kier molecular flexibility index (Phi) is 8.13. The van der Waals surface area contributed by atoms with Crippen LogP contribution < -0.4 is 5.73 Å². The van der Waals surface area contributed by atoms with Crippen LogP contribution in [0.15, 0.2) is 0 Å². The van der Waals surface area contributed by atoms with E-state index >= 15 is 0 Å². The van der Waals surface area contributed by atoms with Crippen LogP contribution in [0.1, 0.15) is 54.9 Å². The van der Waals surface area contributed by atoms with Crippen molar-refractivity contribution in [3.8, 4) is 0 Å². The van der Waals surface area contributed by atoms with Crippen molar-refractivity contribution in [1.29, 1.82) is 0 Å². The maximum atomic E-state index is 9.18. The number of aliphatic hydroxyl groups excluding tert-OH is 1. The predicted octanol–water partition coefficient (Wildman–Crippen LogP) is 3.53. The molecule has 0 rings (SSSR count). The lowest BCUT2D eigenvalue weighted by atomic mass is 9.69. The maximum absolute atomic E-state index is 9.18. The van der Waals surface area contributed by atoms with Gasteiger partial charge in [0.2, 0.25) is 0 Å². The quantitative estimate of drug-likeness (QED) is 0.699. The second-order valence-electron chi connectivity index (χ2n) is 6.53. The molecular formula is C16H35NO. The zero-order chi connectivity index (χ0) is 14.5. The van der Waals surface area contributed by atoms with Crippen LogP contribution in [0, 0.1) is 35.5 Å². The second kappa shape index (κ2) is 8.16. The first-order chi connectivity index (χ1) is 8.27. The van der Waals surface area contributed by atoms with E-state index in [2.05, 4.69) is 48.5 Å². The van der Waals surface area contributed by atoms with Gasteiger partial charge in [-0.05, 0) is 35.5 Å². The molecule has 0 aromatic heterocycles. The average Bonchev–Trinajstić information content (AvgIpc) is 2.40. The van der Waals surface area contributed by atoms with E-state index in [-0.39, 0.29) is 12.6 Å². The van der Waals surface area contributed by atoms with E-state index in [4.69, 9.17) is 5.73 Å². The molecule has 0 aliphatic carbocycles. The third-order valence-electron chi connectivity index (χ3n) is 5.75. The van der Waals surface area contributed by atoms with Crippen molar-refractivity contribution < 1.29 is 5.11 Å². The summed E-state index contributed by atoms with van der Waals surface area (Å²) in [5, 5.41) is 9.18. The molecule has 18 heavy (non-hydrogen) atoms. The molecule has 0 amide bonds. The van der Waals surface area contributed by atoms with Gasteiger partial charge in [-0.1, -0.05) is 54.9 Å². The molecule has 2 heteroatoms. The number of hydrogen-bond acceptors (Lipinski definition) is 2. The summed E-state index contributed by atoms with van der Waals surface area (Å²) >= 11 is 0. The molecule has 0 aliphatic rings. The van der Waals surface area contributed by atoms with Crippen LogP contribution in [0.4, 0.5) is 0 Å². The second-order valence-corrected chi connectivity index (χ2v) is 6.53. The molecule has 0 spiro atoms. The highest BCUT2D eigenvalue weighted by Crippen LogP contribution is 2.35. The first-order valence-corrected chi connectivity index (χ1v) is 7.64. The Morgan fingerprint density at radius 2 is 1.17 bits per heavy atom. The lowest BCUT2D eigenvalue weighted by molar-refractivity contribution is 0.113. The van der Waals surface area contributed by atoms with Crippen molar-refractivity contribution in [2.45, 2.75) is 60.9 Å². The largest absolute Gasteiger partial charge is 0.395 e. The van der Waals surface area contributed by atoms with Gasteiger partial charge in [0.15, 0.2) is 0 Å². The Hall–Kier alpha value is -0.0800. The van der Waals surface area contributed by atoms with Gasteiger partial charge in [-0.3, -0.25) is 0 Å². The fraction of sp³-hybridized carbons (Fsp3) is 1.00. The summed E-state index contributed by atoms with van der Waals surface area (Å²) in [7, 11) is 0. The van der Waals surface area contributed by atoms with Gasteiger partial charge in [0.05, 0.1) is 6.61 Å². The van der Waals surface area contributed by atoms with Crippen molar-refractivity contribution in [2.75, 3.05) is 6.61 Å². The van der Waals surface area contributed by atoms with Crippen LogP contribution in [0.25, 0.3) is 0 Å². The Morgan fingerprint density at radius 1 is 0.778 bits per heavy atom. The molecule has 0 heterocycles. The van der Waals surface area contributed by atoms with Gasteiger partial charge in [-0.25, -0.2) is 0 Å². The molecule has 0 fully saturated rings. The molecule has 2 nitrogen and oxygen atoms in total. The third kappa shape index (κ3) is 4.55. The smallest absolute Gasteiger partial charge is 0.0585 e. The third-order valence-corrected chi connectivity index (χ3v) is 5.75. The van der Waals surface area contributed by atoms with E-state index in [9.17, 15) is 5.11 Å². The Bertz CT molecular complexity index is 197. The highest BCUT2D eigenvalue weighted by atomic mass is 16.3. The summed E-state index contributed by atoms with van der Waals surface area (Å²) in [6.45, 7) is 16.2. The normalized spacial score (nSPS) is 23.8. The minimum Gasteiger partial charge on any atom is -0.395 e. The minimum absolute atomic E-state index is 0.0893. The predicted molar refractivity (Wildman–Crippen MR) is 80.3 cm³/mol. The summed E-state index contributed by atoms with van der Waals surface area (Å²) in [5.74, 6) is 3.77. The monoisotopic (exact) mass is 257 g/mol. The van der Waals surface area contributed by atoms with Gasteiger partial charge in [-0.2, -0.15) is 0 Å². The van der Waals surface area contributed by atoms with Crippen LogP contribution in [0.3, 0.4) is 0 Å². The molecule has 0 bridgehead atoms. The van der Waals surface area contributed by atoms with E-state index < -0.39 is 0 Å². The first-order valence-electron chi connectivity index (χ1n) is 7.64. The Labute approximate surface area is 114 Å². The standard InChI is InChI=1S/C16H35NO/c1-8-10(2)11(3)12(4)13(5)14(6)15(7)16(17)9-18/h10-16,18H,8-9,17H2,1-7H3. The summed E-state index contributed by atoms with van der Waals surface area (Å²) in [5.41, 5.74) is 5.97. The van der Waals surface area contributed by atoms with Gasteiger partial charge in [0.1, 0.15) is 0 Å². The van der Waals surface area contributed by atoms with Gasteiger partial charge in [0, 0.05) is 6.04 Å². The highest BCUT2D eigenvalue weighted by Gasteiger charge is 2.30. The molecule has 0 saturated carbocycles. The van der Waals surface area contributed by atoms with E-state index in [1.807, 2.05) is 0 Å². The molecule has 110 valence electrons. The summed E-state index contributed by atoms with van der Waals surface area (Å²) in [6, 6.07) is -0.0893. The zero-order valence-electron chi connectivity index (χ0n) is 13.5. The SMILES string of the molecule is CCC(C)C(C)C(C)C(C)C(C)C(C)C(N)CO. The molecule has 7 atom stereocenters. The topological polar surface area (TPSA) is 46.2 Å². The lowest BCUT2D eigenvalue weighted by Gasteiger charge is -2.37. The van der Waals surface area contributed by atoms with E-state index in [1.54, 1.807) is 0 Å². The van der Waals surface area contributed by atoms with E-state index in [0.29, 0.717) is 23.7 Å². The zero-order valence-corrected chi connectivity index (χ0v) is 13.5. The fourth-order valence-electron chi connectivity index (χ4n) is 2.88. The minimum atomic E-state index is -0.0893. The molecule has 3 N–H and O–H groups in total. The maximum Gasteiger partial charge on any atom is 0.0585 e. The first kappa shape index (κ1) is 17.9. The van der Waals surface area contributed by atoms with Gasteiger partial charge < -0.3 is 10.8 Å². The molecule has 0 aromatic rings. The van der Waals surface area contributed by atoms with Crippen molar-refractivity contribution in [3.63, 3.8) is 0 Å². The summed E-state index contributed by atoms with van der Waals surface area (Å²) in [6.07, 6.45) is 1.25. The number of rotatable bonds is 8. The fourth-order valence-corrected chi connectivity index (χ4v) is 2.88.